The predicted octanol–water partition coefficient (Wildman–Crippen LogP) is 4.30. The molecule has 2 amide bonds. The molecule has 2 heterocycles. The number of aromatic nitrogens is 1. The highest BCUT2D eigenvalue weighted by Gasteiger charge is 2.31. The van der Waals surface area contributed by atoms with Crippen LogP contribution in [0.25, 0.3) is 0 Å². The second-order valence-corrected chi connectivity index (χ2v) is 9.70. The highest BCUT2D eigenvalue weighted by molar-refractivity contribution is 5.97. The van der Waals surface area contributed by atoms with Crippen LogP contribution in [0.3, 0.4) is 0 Å². The number of anilines is 1. The van der Waals surface area contributed by atoms with Crippen molar-refractivity contribution in [3.05, 3.63) is 59.3 Å². The molecule has 1 atom stereocenters. The molecule has 34 heavy (non-hydrogen) atoms. The van der Waals surface area contributed by atoms with Crippen molar-refractivity contribution < 1.29 is 22.8 Å². The van der Waals surface area contributed by atoms with E-state index in [1.807, 2.05) is 17.0 Å². The van der Waals surface area contributed by atoms with E-state index in [2.05, 4.69) is 36.4 Å². The van der Waals surface area contributed by atoms with Crippen LogP contribution >= 0.6 is 0 Å². The normalized spacial score (nSPS) is 16.1. The van der Waals surface area contributed by atoms with E-state index in [-0.39, 0.29) is 23.3 Å². The molecule has 0 saturated carbocycles. The quantitative estimate of drug-likeness (QED) is 0.675. The molecule has 1 fully saturated rings. The fourth-order valence-corrected chi connectivity index (χ4v) is 3.79. The lowest BCUT2D eigenvalue weighted by molar-refractivity contribution is -0.137. The number of carbonyl (C=O) groups is 2. The van der Waals surface area contributed by atoms with Crippen molar-refractivity contribution in [1.29, 1.82) is 0 Å². The third-order valence-electron chi connectivity index (χ3n) is 5.99. The van der Waals surface area contributed by atoms with Crippen LogP contribution in [0.5, 0.6) is 0 Å². The Hall–Kier alpha value is -3.10. The first-order valence-electron chi connectivity index (χ1n) is 11.3. The minimum Gasteiger partial charge on any atom is -0.356 e. The molecular weight excluding hydrogens is 445 g/mol. The summed E-state index contributed by atoms with van der Waals surface area (Å²) in [5.41, 5.74) is 0.817. The van der Waals surface area contributed by atoms with Crippen molar-refractivity contribution >= 4 is 17.6 Å². The van der Waals surface area contributed by atoms with Crippen LogP contribution in [0, 0.1) is 0 Å². The van der Waals surface area contributed by atoms with Gasteiger partial charge in [0.05, 0.1) is 5.56 Å². The minimum atomic E-state index is -4.41. The van der Waals surface area contributed by atoms with Crippen LogP contribution in [0.1, 0.15) is 62.0 Å². The van der Waals surface area contributed by atoms with Crippen molar-refractivity contribution in [3.63, 3.8) is 0 Å². The van der Waals surface area contributed by atoms with Crippen LogP contribution in [-0.2, 0) is 16.4 Å². The van der Waals surface area contributed by atoms with Crippen LogP contribution in [0.15, 0.2) is 42.6 Å². The van der Waals surface area contributed by atoms with Gasteiger partial charge in [0, 0.05) is 30.9 Å². The highest BCUT2D eigenvalue weighted by atomic mass is 19.4. The topological polar surface area (TPSA) is 74.3 Å². The van der Waals surface area contributed by atoms with Crippen LogP contribution in [-0.4, -0.2) is 42.0 Å². The lowest BCUT2D eigenvalue weighted by Crippen LogP contribution is -2.51. The molecular formula is C25H31F3N4O2. The van der Waals surface area contributed by atoms with E-state index in [1.54, 1.807) is 19.1 Å². The number of rotatable bonds is 5. The number of nitrogens with one attached hydrogen (secondary N) is 2. The number of pyridine rings is 1. The van der Waals surface area contributed by atoms with Crippen molar-refractivity contribution in [2.45, 2.75) is 64.2 Å². The second kappa shape index (κ2) is 10.0. The number of amides is 2. The van der Waals surface area contributed by atoms with Gasteiger partial charge in [-0.3, -0.25) is 9.59 Å². The summed E-state index contributed by atoms with van der Waals surface area (Å²) in [5, 5.41) is 5.69. The summed E-state index contributed by atoms with van der Waals surface area (Å²) in [7, 11) is 0. The van der Waals surface area contributed by atoms with Gasteiger partial charge in [-0.15, -0.1) is 0 Å². The Morgan fingerprint density at radius 3 is 2.09 bits per heavy atom. The van der Waals surface area contributed by atoms with Gasteiger partial charge >= 0.3 is 6.18 Å². The molecule has 1 aromatic heterocycles. The lowest BCUT2D eigenvalue weighted by Gasteiger charge is -2.33. The maximum absolute atomic E-state index is 12.7. The number of halogens is 3. The van der Waals surface area contributed by atoms with Gasteiger partial charge in [-0.1, -0.05) is 32.9 Å². The maximum atomic E-state index is 12.7. The molecule has 6 nitrogen and oxygen atoms in total. The van der Waals surface area contributed by atoms with E-state index in [4.69, 9.17) is 0 Å². The fraction of sp³-hybridized carbons (Fsp3) is 0.480. The molecule has 3 rings (SSSR count). The summed E-state index contributed by atoms with van der Waals surface area (Å²) in [5.74, 6) is -0.104. The summed E-state index contributed by atoms with van der Waals surface area (Å²) in [6.07, 6.45) is -2.32. The van der Waals surface area contributed by atoms with E-state index in [0.717, 1.165) is 17.8 Å². The first-order chi connectivity index (χ1) is 15.8. The van der Waals surface area contributed by atoms with Crippen molar-refractivity contribution in [3.8, 4) is 0 Å². The average Bonchev–Trinajstić information content (AvgIpc) is 2.78. The molecule has 2 aromatic rings. The van der Waals surface area contributed by atoms with Gasteiger partial charge in [0.2, 0.25) is 5.91 Å². The number of alkyl halides is 3. The van der Waals surface area contributed by atoms with Crippen molar-refractivity contribution in [2.24, 2.45) is 0 Å². The first kappa shape index (κ1) is 25.5. The summed E-state index contributed by atoms with van der Waals surface area (Å²) < 4.78 is 38.1. The van der Waals surface area contributed by atoms with E-state index >= 15 is 0 Å². The van der Waals surface area contributed by atoms with E-state index in [9.17, 15) is 22.8 Å². The molecule has 0 radical (unpaired) electrons. The molecule has 2 N–H and O–H groups in total. The molecule has 1 aliphatic heterocycles. The zero-order valence-electron chi connectivity index (χ0n) is 19.9. The number of hydrogen-bond acceptors (Lipinski definition) is 4. The smallest absolute Gasteiger partial charge is 0.356 e. The summed E-state index contributed by atoms with van der Waals surface area (Å²) in [6.45, 7) is 9.05. The number of nitrogens with zero attached hydrogens (tertiary/aromatic N) is 2. The Balaban J connectivity index is 1.47. The largest absolute Gasteiger partial charge is 0.417 e. The molecule has 1 saturated heterocycles. The summed E-state index contributed by atoms with van der Waals surface area (Å²) >= 11 is 0. The van der Waals surface area contributed by atoms with Crippen LogP contribution in [0.4, 0.5) is 19.0 Å². The highest BCUT2D eigenvalue weighted by Crippen LogP contribution is 2.30. The van der Waals surface area contributed by atoms with Gasteiger partial charge < -0.3 is 15.5 Å². The van der Waals surface area contributed by atoms with E-state index in [0.29, 0.717) is 37.3 Å². The van der Waals surface area contributed by atoms with Crippen molar-refractivity contribution in [1.82, 2.24) is 15.6 Å². The Kier molecular flexibility index (Phi) is 7.53. The van der Waals surface area contributed by atoms with Gasteiger partial charge in [0.25, 0.3) is 5.91 Å². The van der Waals surface area contributed by atoms with Gasteiger partial charge in [-0.25, -0.2) is 4.98 Å². The predicted molar refractivity (Wildman–Crippen MR) is 125 cm³/mol. The molecule has 0 bridgehead atoms. The number of piperidine rings is 1. The van der Waals surface area contributed by atoms with E-state index < -0.39 is 17.8 Å². The molecule has 1 aromatic carbocycles. The SMILES string of the molecule is CC(NC(=O)c1ccc(C(C)(C)C)cc1)C(=O)NC1CCN(c2ccc(C(F)(F)F)cn2)CC1. The number of benzene rings is 1. The molecule has 9 heteroatoms. The standard InChI is InChI=1S/C25H31F3N4O2/c1-16(30-23(34)17-5-7-18(8-6-17)24(2,3)4)22(33)31-20-11-13-32(14-12-20)21-10-9-19(15-29-21)25(26,27)28/h5-10,15-16,20H,11-14H2,1-4H3,(H,30,34)(H,31,33). The third kappa shape index (κ3) is 6.48. The van der Waals surface area contributed by atoms with Gasteiger partial charge in [-0.2, -0.15) is 13.2 Å². The number of carbonyl (C=O) groups excluding carboxylic acids is 2. The van der Waals surface area contributed by atoms with Crippen LogP contribution < -0.4 is 15.5 Å². The molecule has 1 aliphatic rings. The molecule has 0 aliphatic carbocycles. The van der Waals surface area contributed by atoms with Crippen LogP contribution in [0.2, 0.25) is 0 Å². The molecule has 184 valence electrons. The van der Waals surface area contributed by atoms with Gasteiger partial charge in [0.15, 0.2) is 0 Å². The zero-order chi connectivity index (χ0) is 25.1. The summed E-state index contributed by atoms with van der Waals surface area (Å²) in [6, 6.07) is 8.95. The van der Waals surface area contributed by atoms with Gasteiger partial charge in [0.1, 0.15) is 11.9 Å². The average molecular weight is 477 g/mol. The zero-order valence-corrected chi connectivity index (χ0v) is 19.9. The fourth-order valence-electron chi connectivity index (χ4n) is 3.79. The van der Waals surface area contributed by atoms with Crippen molar-refractivity contribution in [2.75, 3.05) is 18.0 Å². The Labute approximate surface area is 197 Å². The Morgan fingerprint density at radius 2 is 1.59 bits per heavy atom. The Morgan fingerprint density at radius 1 is 1.00 bits per heavy atom. The lowest BCUT2D eigenvalue weighted by atomic mass is 9.86. The minimum absolute atomic E-state index is 0.0136. The van der Waals surface area contributed by atoms with Gasteiger partial charge in [-0.05, 0) is 55.0 Å². The third-order valence-corrected chi connectivity index (χ3v) is 5.99. The van der Waals surface area contributed by atoms with E-state index in [1.165, 1.54) is 6.07 Å². The maximum Gasteiger partial charge on any atom is 0.417 e. The number of hydrogen-bond donors (Lipinski definition) is 2. The molecule has 1 unspecified atom stereocenters. The first-order valence-corrected chi connectivity index (χ1v) is 11.3. The monoisotopic (exact) mass is 476 g/mol. The second-order valence-electron chi connectivity index (χ2n) is 9.70. The summed E-state index contributed by atoms with van der Waals surface area (Å²) in [4.78, 5) is 30.9. The Bertz CT molecular complexity index is 991. The molecule has 0 spiro atoms.